The van der Waals surface area contributed by atoms with Crippen LogP contribution < -0.4 is 19.1 Å². The Kier molecular flexibility index (Phi) is 10.1. The van der Waals surface area contributed by atoms with Crippen molar-refractivity contribution in [2.24, 2.45) is 0 Å². The average Bonchev–Trinajstić information content (AvgIpc) is 3.69. The van der Waals surface area contributed by atoms with E-state index in [-0.39, 0.29) is 50.6 Å². The predicted octanol–water partition coefficient (Wildman–Crippen LogP) is 4.97. The molecule has 1 unspecified atom stereocenters. The van der Waals surface area contributed by atoms with Crippen molar-refractivity contribution in [2.75, 3.05) is 23.9 Å². The van der Waals surface area contributed by atoms with Crippen LogP contribution in [0.2, 0.25) is 0 Å². The predicted molar refractivity (Wildman–Crippen MR) is 170 cm³/mol. The van der Waals surface area contributed by atoms with Crippen LogP contribution in [0.4, 0.5) is 5.69 Å². The zero-order chi connectivity index (χ0) is 31.1. The molecule has 3 aromatic rings. The Morgan fingerprint density at radius 2 is 1.64 bits per heavy atom. The molecule has 3 aromatic carbocycles. The summed E-state index contributed by atoms with van der Waals surface area (Å²) in [6.07, 6.45) is 5.92. The minimum Gasteiger partial charge on any atom is -0.454 e. The van der Waals surface area contributed by atoms with E-state index in [1.165, 1.54) is 4.31 Å². The van der Waals surface area contributed by atoms with Crippen LogP contribution in [0.25, 0.3) is 0 Å². The minimum absolute atomic E-state index is 0.0738. The maximum absolute atomic E-state index is 14.1. The molecule has 2 amide bonds. The first-order valence-electron chi connectivity index (χ1n) is 15.2. The first-order valence-corrected chi connectivity index (χ1v) is 17.1. The van der Waals surface area contributed by atoms with Gasteiger partial charge in [0.1, 0.15) is 6.04 Å². The number of sulfonamides is 1. The fourth-order valence-corrected chi connectivity index (χ4v) is 6.81. The number of hydrogen-bond donors (Lipinski definition) is 1. The van der Waals surface area contributed by atoms with Crippen molar-refractivity contribution in [3.05, 3.63) is 89.5 Å². The second kappa shape index (κ2) is 14.2. The molecule has 1 atom stereocenters. The zero-order valence-corrected chi connectivity index (χ0v) is 26.2. The summed E-state index contributed by atoms with van der Waals surface area (Å²) in [6.45, 7) is 2.46. The van der Waals surface area contributed by atoms with E-state index in [0.717, 1.165) is 48.6 Å². The van der Waals surface area contributed by atoms with Gasteiger partial charge in [-0.1, -0.05) is 73.0 Å². The SMILES string of the molecule is Cc1ccc(CN(C(=O)CCCN(c2ccc3c(c2)OCO3)S(C)(=O)=O)C(Cc2ccccc2)C(=O)NC2CCCC2)cc1. The summed E-state index contributed by atoms with van der Waals surface area (Å²) in [5, 5.41) is 3.22. The van der Waals surface area contributed by atoms with E-state index in [1.807, 2.05) is 61.5 Å². The van der Waals surface area contributed by atoms with Crippen LogP contribution in [0.5, 0.6) is 11.5 Å². The Bertz CT molecular complexity index is 1540. The van der Waals surface area contributed by atoms with Crippen LogP contribution in [0.1, 0.15) is 55.2 Å². The summed E-state index contributed by atoms with van der Waals surface area (Å²) < 4.78 is 37.6. The smallest absolute Gasteiger partial charge is 0.243 e. The summed E-state index contributed by atoms with van der Waals surface area (Å²) in [7, 11) is -3.64. The number of nitrogens with zero attached hydrogens (tertiary/aromatic N) is 2. The van der Waals surface area contributed by atoms with Gasteiger partial charge in [0, 0.05) is 38.0 Å². The summed E-state index contributed by atoms with van der Waals surface area (Å²) in [5.41, 5.74) is 3.44. The van der Waals surface area contributed by atoms with E-state index in [9.17, 15) is 18.0 Å². The van der Waals surface area contributed by atoms with E-state index in [1.54, 1.807) is 23.1 Å². The lowest BCUT2D eigenvalue weighted by molar-refractivity contribution is -0.141. The summed E-state index contributed by atoms with van der Waals surface area (Å²) in [4.78, 5) is 29.6. The number of carbonyl (C=O) groups excluding carboxylic acids is 2. The Labute approximate surface area is 260 Å². The molecule has 5 rings (SSSR count). The van der Waals surface area contributed by atoms with Gasteiger partial charge in [0.2, 0.25) is 28.6 Å². The third-order valence-electron chi connectivity index (χ3n) is 8.24. The molecule has 0 bridgehead atoms. The Morgan fingerprint density at radius 3 is 2.34 bits per heavy atom. The second-order valence-corrected chi connectivity index (χ2v) is 13.6. The van der Waals surface area contributed by atoms with Crippen molar-refractivity contribution < 1.29 is 27.5 Å². The molecule has 44 heavy (non-hydrogen) atoms. The van der Waals surface area contributed by atoms with Gasteiger partial charge in [-0.05, 0) is 49.4 Å². The van der Waals surface area contributed by atoms with E-state index < -0.39 is 16.1 Å². The van der Waals surface area contributed by atoms with Crippen LogP contribution in [0.15, 0.2) is 72.8 Å². The van der Waals surface area contributed by atoms with Crippen molar-refractivity contribution in [1.82, 2.24) is 10.2 Å². The number of amides is 2. The van der Waals surface area contributed by atoms with Crippen molar-refractivity contribution in [1.29, 1.82) is 0 Å². The number of fused-ring (bicyclic) bond motifs is 1. The molecule has 1 fully saturated rings. The third kappa shape index (κ3) is 8.11. The molecule has 0 saturated heterocycles. The molecule has 9 nitrogen and oxygen atoms in total. The average molecular weight is 620 g/mol. The normalized spacial score (nSPS) is 15.1. The summed E-state index contributed by atoms with van der Waals surface area (Å²) >= 11 is 0. The number of hydrogen-bond acceptors (Lipinski definition) is 6. The molecule has 0 radical (unpaired) electrons. The molecule has 1 heterocycles. The van der Waals surface area contributed by atoms with Crippen molar-refractivity contribution >= 4 is 27.5 Å². The summed E-state index contributed by atoms with van der Waals surface area (Å²) in [5.74, 6) is 0.685. The molecule has 10 heteroatoms. The maximum atomic E-state index is 14.1. The second-order valence-electron chi connectivity index (χ2n) is 11.7. The largest absolute Gasteiger partial charge is 0.454 e. The van der Waals surface area contributed by atoms with E-state index in [2.05, 4.69) is 5.32 Å². The number of nitrogens with one attached hydrogen (secondary N) is 1. The van der Waals surface area contributed by atoms with Crippen LogP contribution >= 0.6 is 0 Å². The first kappa shape index (κ1) is 31.4. The van der Waals surface area contributed by atoms with Crippen molar-refractivity contribution in [3.63, 3.8) is 0 Å². The van der Waals surface area contributed by atoms with Crippen LogP contribution in [0.3, 0.4) is 0 Å². The van der Waals surface area contributed by atoms with Gasteiger partial charge in [-0.15, -0.1) is 0 Å². The molecule has 0 aromatic heterocycles. The first-order chi connectivity index (χ1) is 21.2. The topological polar surface area (TPSA) is 105 Å². The molecule has 1 aliphatic heterocycles. The Hall–Kier alpha value is -4.05. The maximum Gasteiger partial charge on any atom is 0.243 e. The van der Waals surface area contributed by atoms with Crippen molar-refractivity contribution in [3.8, 4) is 11.5 Å². The molecule has 1 N–H and O–H groups in total. The van der Waals surface area contributed by atoms with Gasteiger partial charge in [0.25, 0.3) is 0 Å². The number of carbonyl (C=O) groups is 2. The molecule has 0 spiro atoms. The molecule has 1 saturated carbocycles. The lowest BCUT2D eigenvalue weighted by Gasteiger charge is -2.33. The molecule has 1 aliphatic carbocycles. The number of aryl methyl sites for hydroxylation is 1. The van der Waals surface area contributed by atoms with Crippen LogP contribution in [-0.2, 0) is 32.6 Å². The van der Waals surface area contributed by atoms with Crippen LogP contribution in [0, 0.1) is 6.92 Å². The number of anilines is 1. The minimum atomic E-state index is -3.64. The quantitative estimate of drug-likeness (QED) is 0.290. The number of rotatable bonds is 13. The highest BCUT2D eigenvalue weighted by molar-refractivity contribution is 7.92. The molecular formula is C34H41N3O6S. The fourth-order valence-electron chi connectivity index (χ4n) is 5.86. The zero-order valence-electron chi connectivity index (χ0n) is 25.4. The van der Waals surface area contributed by atoms with Gasteiger partial charge in [0.15, 0.2) is 11.5 Å². The standard InChI is InChI=1S/C34H41N3O6S/c1-25-14-16-27(17-15-25)23-36(30(21-26-9-4-3-5-10-26)34(39)35-28-11-6-7-12-28)33(38)13-8-20-37(44(2,40)41)29-18-19-31-32(22-29)43-24-42-31/h3-5,9-10,14-19,22,28,30H,6-8,11-13,20-21,23-24H2,1-2H3,(H,35,39). The number of benzene rings is 3. The molecule has 2 aliphatic rings. The molecular weight excluding hydrogens is 578 g/mol. The Morgan fingerprint density at radius 1 is 0.932 bits per heavy atom. The van der Waals surface area contributed by atoms with Gasteiger partial charge < -0.3 is 19.7 Å². The van der Waals surface area contributed by atoms with E-state index in [4.69, 9.17) is 9.47 Å². The van der Waals surface area contributed by atoms with E-state index >= 15 is 0 Å². The van der Waals surface area contributed by atoms with Gasteiger partial charge in [-0.25, -0.2) is 8.42 Å². The Balaban J connectivity index is 1.37. The van der Waals surface area contributed by atoms with Gasteiger partial charge in [-0.2, -0.15) is 0 Å². The highest BCUT2D eigenvalue weighted by atomic mass is 32.2. The van der Waals surface area contributed by atoms with Gasteiger partial charge >= 0.3 is 0 Å². The van der Waals surface area contributed by atoms with Crippen LogP contribution in [-0.4, -0.2) is 56.8 Å². The van der Waals surface area contributed by atoms with E-state index in [0.29, 0.717) is 23.6 Å². The van der Waals surface area contributed by atoms with Gasteiger partial charge in [0.05, 0.1) is 11.9 Å². The van der Waals surface area contributed by atoms with Gasteiger partial charge in [-0.3, -0.25) is 13.9 Å². The van der Waals surface area contributed by atoms with Crippen molar-refractivity contribution in [2.45, 2.75) is 70.5 Å². The third-order valence-corrected chi connectivity index (χ3v) is 9.44. The number of ether oxygens (including phenoxy) is 2. The lowest BCUT2D eigenvalue weighted by Crippen LogP contribution is -2.52. The lowest BCUT2D eigenvalue weighted by atomic mass is 10.0. The highest BCUT2D eigenvalue weighted by Gasteiger charge is 2.32. The monoisotopic (exact) mass is 619 g/mol. The fraction of sp³-hybridized carbons (Fsp3) is 0.412. The molecule has 234 valence electrons. The summed E-state index contributed by atoms with van der Waals surface area (Å²) in [6, 6.07) is 22.1. The highest BCUT2D eigenvalue weighted by Crippen LogP contribution is 2.36.